The smallest absolute Gasteiger partial charge is 0.176 e. The van der Waals surface area contributed by atoms with Crippen LogP contribution < -0.4 is 4.89 Å². The fraction of sp³-hybridized carbons (Fsp3) is 0. The van der Waals surface area contributed by atoms with Gasteiger partial charge < -0.3 is 4.55 Å². The van der Waals surface area contributed by atoms with Gasteiger partial charge in [-0.1, -0.05) is 18.2 Å². The molecule has 0 radical (unpaired) electrons. The van der Waals surface area contributed by atoms with E-state index in [1.807, 2.05) is 6.07 Å². The average Bonchev–Trinajstić information content (AvgIpc) is 2.05. The van der Waals surface area contributed by atoms with Crippen LogP contribution in [0.4, 0.5) is 0 Å². The second kappa shape index (κ2) is 3.58. The predicted octanol–water partition coefficient (Wildman–Crippen LogP) is 0.688. The zero-order valence-corrected chi connectivity index (χ0v) is 5.97. The molecule has 54 valence electrons. The van der Waals surface area contributed by atoms with Crippen molar-refractivity contribution in [3.63, 3.8) is 0 Å². The van der Waals surface area contributed by atoms with Crippen molar-refractivity contribution >= 4 is 11.4 Å². The van der Waals surface area contributed by atoms with E-state index in [0.717, 1.165) is 0 Å². The highest BCUT2D eigenvalue weighted by Crippen LogP contribution is 2.05. The SMILES string of the molecule is [O-][S@+](NO)c1ccccc1. The highest BCUT2D eigenvalue weighted by atomic mass is 32.2. The van der Waals surface area contributed by atoms with Gasteiger partial charge in [0.2, 0.25) is 0 Å². The second-order valence-electron chi connectivity index (χ2n) is 1.67. The molecule has 0 aliphatic carbocycles. The van der Waals surface area contributed by atoms with E-state index in [-0.39, 0.29) is 0 Å². The van der Waals surface area contributed by atoms with E-state index in [1.165, 1.54) is 0 Å². The molecular weight excluding hydrogens is 150 g/mol. The Kier molecular flexibility index (Phi) is 2.70. The van der Waals surface area contributed by atoms with E-state index in [4.69, 9.17) is 5.21 Å². The van der Waals surface area contributed by atoms with E-state index in [9.17, 15) is 4.55 Å². The second-order valence-corrected chi connectivity index (χ2v) is 2.86. The Bertz CT molecular complexity index is 192. The predicted molar refractivity (Wildman–Crippen MR) is 37.8 cm³/mol. The number of hydrogen-bond donors (Lipinski definition) is 2. The van der Waals surface area contributed by atoms with Gasteiger partial charge in [-0.25, -0.2) is 0 Å². The monoisotopic (exact) mass is 157 g/mol. The number of hydrogen-bond acceptors (Lipinski definition) is 3. The minimum Gasteiger partial charge on any atom is -0.591 e. The van der Waals surface area contributed by atoms with Crippen LogP contribution in [0.5, 0.6) is 0 Å². The molecule has 0 spiro atoms. The fourth-order valence-electron chi connectivity index (χ4n) is 0.597. The third-order valence-electron chi connectivity index (χ3n) is 1.04. The van der Waals surface area contributed by atoms with Crippen molar-refractivity contribution in [3.05, 3.63) is 30.3 Å². The molecule has 0 unspecified atom stereocenters. The van der Waals surface area contributed by atoms with Crippen LogP contribution in [0.3, 0.4) is 0 Å². The van der Waals surface area contributed by atoms with Gasteiger partial charge in [0.25, 0.3) is 0 Å². The van der Waals surface area contributed by atoms with E-state index >= 15 is 0 Å². The molecule has 0 fully saturated rings. The van der Waals surface area contributed by atoms with Crippen molar-refractivity contribution in [1.82, 2.24) is 4.89 Å². The summed E-state index contributed by atoms with van der Waals surface area (Å²) in [5, 5.41) is 8.24. The molecule has 0 aromatic heterocycles. The number of rotatable bonds is 2. The van der Waals surface area contributed by atoms with E-state index in [1.54, 1.807) is 29.2 Å². The summed E-state index contributed by atoms with van der Waals surface area (Å²) < 4.78 is 10.8. The lowest BCUT2D eigenvalue weighted by Crippen LogP contribution is -2.18. The molecule has 0 amide bonds. The van der Waals surface area contributed by atoms with E-state index in [0.29, 0.717) is 4.90 Å². The van der Waals surface area contributed by atoms with Gasteiger partial charge in [-0.2, -0.15) is 0 Å². The highest BCUT2D eigenvalue weighted by Gasteiger charge is 2.06. The Morgan fingerprint density at radius 1 is 1.30 bits per heavy atom. The summed E-state index contributed by atoms with van der Waals surface area (Å²) in [6, 6.07) is 8.66. The van der Waals surface area contributed by atoms with Crippen LogP contribution in [0, 0.1) is 0 Å². The van der Waals surface area contributed by atoms with Gasteiger partial charge in [0, 0.05) is 0 Å². The molecule has 0 saturated carbocycles. The van der Waals surface area contributed by atoms with Gasteiger partial charge in [-0.3, -0.25) is 5.21 Å². The van der Waals surface area contributed by atoms with Gasteiger partial charge in [-0.15, -0.1) is 0 Å². The molecule has 2 N–H and O–H groups in total. The van der Waals surface area contributed by atoms with Crippen molar-refractivity contribution in [2.24, 2.45) is 0 Å². The lowest BCUT2D eigenvalue weighted by molar-refractivity contribution is 0.242. The summed E-state index contributed by atoms with van der Waals surface area (Å²) in [6.07, 6.45) is 0. The van der Waals surface area contributed by atoms with Crippen LogP contribution in [-0.2, 0) is 11.4 Å². The number of benzene rings is 1. The van der Waals surface area contributed by atoms with Gasteiger partial charge in [-0.05, 0) is 17.0 Å². The van der Waals surface area contributed by atoms with Crippen LogP contribution in [0.2, 0.25) is 0 Å². The van der Waals surface area contributed by atoms with Crippen molar-refractivity contribution in [1.29, 1.82) is 0 Å². The topological polar surface area (TPSA) is 55.3 Å². The zero-order chi connectivity index (χ0) is 7.40. The molecule has 1 rings (SSSR count). The summed E-state index contributed by atoms with van der Waals surface area (Å²) >= 11 is -1.48. The summed E-state index contributed by atoms with van der Waals surface area (Å²) in [5.74, 6) is 0. The molecule has 0 aliphatic rings. The standard InChI is InChI=1S/C6H7NO2S/c8-7-10(9)6-4-2-1-3-5-6/h1-5,7-8H/t10-/m0/s1. The van der Waals surface area contributed by atoms with Crippen molar-refractivity contribution < 1.29 is 9.76 Å². The summed E-state index contributed by atoms with van der Waals surface area (Å²) in [7, 11) is 0. The molecule has 0 bridgehead atoms. The number of nitrogens with one attached hydrogen (secondary N) is 1. The van der Waals surface area contributed by atoms with Crippen LogP contribution in [0.15, 0.2) is 35.2 Å². The molecular formula is C6H7NO2S. The molecule has 3 nitrogen and oxygen atoms in total. The maximum absolute atomic E-state index is 10.8. The minimum atomic E-state index is -1.48. The third kappa shape index (κ3) is 1.71. The van der Waals surface area contributed by atoms with Crippen molar-refractivity contribution in [3.8, 4) is 0 Å². The maximum Gasteiger partial charge on any atom is 0.176 e. The van der Waals surface area contributed by atoms with Gasteiger partial charge >= 0.3 is 0 Å². The van der Waals surface area contributed by atoms with Gasteiger partial charge in [0.15, 0.2) is 4.90 Å². The normalized spacial score (nSPS) is 13.0. The molecule has 1 aromatic rings. The first-order valence-corrected chi connectivity index (χ1v) is 3.86. The molecule has 0 saturated heterocycles. The van der Waals surface area contributed by atoms with Crippen LogP contribution in [0.25, 0.3) is 0 Å². The first kappa shape index (κ1) is 7.56. The summed E-state index contributed by atoms with van der Waals surface area (Å²) in [4.78, 5) is 2.21. The summed E-state index contributed by atoms with van der Waals surface area (Å²) in [6.45, 7) is 0. The first-order chi connectivity index (χ1) is 4.84. The van der Waals surface area contributed by atoms with Crippen LogP contribution in [-0.4, -0.2) is 9.76 Å². The molecule has 10 heavy (non-hydrogen) atoms. The summed E-state index contributed by atoms with van der Waals surface area (Å²) in [5.41, 5.74) is 0. The lowest BCUT2D eigenvalue weighted by atomic mass is 10.4. The fourth-order valence-corrected chi connectivity index (χ4v) is 1.11. The third-order valence-corrected chi connectivity index (χ3v) is 1.91. The average molecular weight is 157 g/mol. The van der Waals surface area contributed by atoms with Crippen LogP contribution >= 0.6 is 0 Å². The largest absolute Gasteiger partial charge is 0.591 e. The Balaban J connectivity index is 2.75. The molecule has 0 heterocycles. The van der Waals surface area contributed by atoms with Crippen LogP contribution in [0.1, 0.15) is 0 Å². The van der Waals surface area contributed by atoms with E-state index in [2.05, 4.69) is 0 Å². The Morgan fingerprint density at radius 3 is 2.40 bits per heavy atom. The van der Waals surface area contributed by atoms with Gasteiger partial charge in [0.1, 0.15) is 11.4 Å². The lowest BCUT2D eigenvalue weighted by Gasteiger charge is -2.03. The maximum atomic E-state index is 10.8. The Morgan fingerprint density at radius 2 is 1.90 bits per heavy atom. The molecule has 1 aromatic carbocycles. The van der Waals surface area contributed by atoms with Crippen molar-refractivity contribution in [2.75, 3.05) is 0 Å². The molecule has 4 heteroatoms. The highest BCUT2D eigenvalue weighted by molar-refractivity contribution is 7.89. The zero-order valence-electron chi connectivity index (χ0n) is 5.15. The Labute approximate surface area is 62.0 Å². The Hall–Kier alpha value is -0.550. The quantitative estimate of drug-likeness (QED) is 0.490. The van der Waals surface area contributed by atoms with Gasteiger partial charge in [0.05, 0.1) is 0 Å². The van der Waals surface area contributed by atoms with E-state index < -0.39 is 11.4 Å². The van der Waals surface area contributed by atoms with Crippen molar-refractivity contribution in [2.45, 2.75) is 4.90 Å². The minimum absolute atomic E-state index is 0.560. The first-order valence-electron chi connectivity index (χ1n) is 2.71. The molecule has 1 atom stereocenters. The molecule has 0 aliphatic heterocycles.